The smallest absolute Gasteiger partial charge is 0.101 e. The first-order valence-corrected chi connectivity index (χ1v) is 8.76. The highest BCUT2D eigenvalue weighted by Crippen LogP contribution is 2.34. The number of hydrogen-bond acceptors (Lipinski definition) is 3. The van der Waals surface area contributed by atoms with Gasteiger partial charge in [-0.1, -0.05) is 34.6 Å². The minimum Gasteiger partial charge on any atom is -0.310 e. The molecule has 1 N–H and O–H groups in total. The molecule has 1 unspecified atom stereocenters. The summed E-state index contributed by atoms with van der Waals surface area (Å²) in [5.74, 6) is 0. The summed E-state index contributed by atoms with van der Waals surface area (Å²) in [5.41, 5.74) is 3.62. The summed E-state index contributed by atoms with van der Waals surface area (Å²) in [5, 5.41) is 4.54. The number of halogens is 1. The summed E-state index contributed by atoms with van der Waals surface area (Å²) < 4.78 is 1.11. The van der Waals surface area contributed by atoms with Gasteiger partial charge in [-0.2, -0.15) is 0 Å². The number of nitrogens with one attached hydrogen (secondary N) is 1. The Morgan fingerprint density at radius 1 is 1.24 bits per heavy atom. The van der Waals surface area contributed by atoms with E-state index in [2.05, 4.69) is 77.3 Å². The molecule has 0 bridgehead atoms. The second kappa shape index (κ2) is 7.43. The van der Waals surface area contributed by atoms with Gasteiger partial charge in [-0.15, -0.1) is 0 Å². The van der Waals surface area contributed by atoms with E-state index in [1.54, 1.807) is 11.8 Å². The van der Waals surface area contributed by atoms with Gasteiger partial charge in [0.1, 0.15) is 5.03 Å². The highest BCUT2D eigenvalue weighted by molar-refractivity contribution is 9.10. The molecule has 2 nitrogen and oxygen atoms in total. The van der Waals surface area contributed by atoms with E-state index in [0.717, 1.165) is 21.7 Å². The van der Waals surface area contributed by atoms with Crippen LogP contribution in [0.25, 0.3) is 0 Å². The van der Waals surface area contributed by atoms with Crippen molar-refractivity contribution in [3.63, 3.8) is 0 Å². The van der Waals surface area contributed by atoms with Crippen LogP contribution in [0.3, 0.4) is 0 Å². The van der Waals surface area contributed by atoms with E-state index in [-0.39, 0.29) is 0 Å². The van der Waals surface area contributed by atoms with Gasteiger partial charge in [-0.3, -0.25) is 0 Å². The average Bonchev–Trinajstić information content (AvgIpc) is 2.40. The van der Waals surface area contributed by atoms with Crippen LogP contribution in [0.15, 0.2) is 44.7 Å². The van der Waals surface area contributed by atoms with Crippen LogP contribution in [-0.4, -0.2) is 11.5 Å². The van der Waals surface area contributed by atoms with Crippen molar-refractivity contribution in [2.75, 3.05) is 6.54 Å². The molecule has 2 rings (SSSR count). The van der Waals surface area contributed by atoms with E-state index < -0.39 is 0 Å². The SMILES string of the molecule is CCNC(C)c1cc(Br)ccc1Sc1cc(C)cc(C)n1. The van der Waals surface area contributed by atoms with Gasteiger partial charge in [0.25, 0.3) is 0 Å². The first-order chi connectivity index (χ1) is 9.99. The second-order valence-corrected chi connectivity index (χ2v) is 7.17. The summed E-state index contributed by atoms with van der Waals surface area (Å²) in [6.45, 7) is 9.44. The number of pyridine rings is 1. The molecule has 0 fully saturated rings. The van der Waals surface area contributed by atoms with Crippen molar-refractivity contribution in [2.45, 2.75) is 43.7 Å². The van der Waals surface area contributed by atoms with Crippen LogP contribution >= 0.6 is 27.7 Å². The highest BCUT2D eigenvalue weighted by Gasteiger charge is 2.12. The van der Waals surface area contributed by atoms with Crippen LogP contribution < -0.4 is 5.32 Å². The molecule has 1 aromatic heterocycles. The molecule has 0 amide bonds. The van der Waals surface area contributed by atoms with Crippen molar-refractivity contribution in [2.24, 2.45) is 0 Å². The molecule has 0 radical (unpaired) electrons. The molecule has 1 atom stereocenters. The fourth-order valence-corrected chi connectivity index (χ4v) is 3.86. The molecule has 0 aliphatic heterocycles. The topological polar surface area (TPSA) is 24.9 Å². The molecule has 112 valence electrons. The Bertz CT molecular complexity index is 608. The van der Waals surface area contributed by atoms with Gasteiger partial charge < -0.3 is 5.32 Å². The Morgan fingerprint density at radius 2 is 2.00 bits per heavy atom. The Labute approximate surface area is 139 Å². The van der Waals surface area contributed by atoms with Crippen molar-refractivity contribution in [3.8, 4) is 0 Å². The number of aromatic nitrogens is 1. The Morgan fingerprint density at radius 3 is 2.67 bits per heavy atom. The third-order valence-corrected chi connectivity index (χ3v) is 4.74. The minimum absolute atomic E-state index is 0.320. The summed E-state index contributed by atoms with van der Waals surface area (Å²) in [6, 6.07) is 11.0. The number of aryl methyl sites for hydroxylation is 2. The average molecular weight is 365 g/mol. The van der Waals surface area contributed by atoms with E-state index in [1.807, 2.05) is 6.92 Å². The first-order valence-electron chi connectivity index (χ1n) is 7.15. The fourth-order valence-electron chi connectivity index (χ4n) is 2.34. The predicted molar refractivity (Wildman–Crippen MR) is 94.1 cm³/mol. The lowest BCUT2D eigenvalue weighted by atomic mass is 10.1. The Balaban J connectivity index is 2.34. The molecule has 1 heterocycles. The molecule has 0 aliphatic rings. The molecular formula is C17H21BrN2S. The van der Waals surface area contributed by atoms with E-state index in [4.69, 9.17) is 0 Å². The molecular weight excluding hydrogens is 344 g/mol. The van der Waals surface area contributed by atoms with Crippen molar-refractivity contribution < 1.29 is 0 Å². The zero-order valence-corrected chi connectivity index (χ0v) is 15.3. The van der Waals surface area contributed by atoms with E-state index in [0.29, 0.717) is 6.04 Å². The second-order valence-electron chi connectivity index (χ2n) is 5.19. The Kier molecular flexibility index (Phi) is 5.85. The van der Waals surface area contributed by atoms with Gasteiger partial charge in [0, 0.05) is 21.1 Å². The fraction of sp³-hybridized carbons (Fsp3) is 0.353. The van der Waals surface area contributed by atoms with Crippen LogP contribution in [-0.2, 0) is 0 Å². The standard InChI is InChI=1S/C17H21BrN2S/c1-5-19-13(4)15-10-14(18)6-7-16(15)21-17-9-11(2)8-12(3)20-17/h6-10,13,19H,5H2,1-4H3. The first kappa shape index (κ1) is 16.5. The van der Waals surface area contributed by atoms with Crippen LogP contribution in [0.4, 0.5) is 0 Å². The maximum Gasteiger partial charge on any atom is 0.101 e. The third kappa shape index (κ3) is 4.56. The number of nitrogens with zero attached hydrogens (tertiary/aromatic N) is 1. The molecule has 0 saturated heterocycles. The predicted octanol–water partition coefficient (Wildman–Crippen LogP) is 5.28. The van der Waals surface area contributed by atoms with Crippen molar-refractivity contribution >= 4 is 27.7 Å². The maximum absolute atomic E-state index is 4.63. The van der Waals surface area contributed by atoms with Crippen LogP contribution in [0.2, 0.25) is 0 Å². The van der Waals surface area contributed by atoms with E-state index in [9.17, 15) is 0 Å². The van der Waals surface area contributed by atoms with Gasteiger partial charge >= 0.3 is 0 Å². The molecule has 1 aromatic carbocycles. The maximum atomic E-state index is 4.63. The summed E-state index contributed by atoms with van der Waals surface area (Å²) in [4.78, 5) is 5.88. The minimum atomic E-state index is 0.320. The zero-order valence-electron chi connectivity index (χ0n) is 12.9. The van der Waals surface area contributed by atoms with Crippen molar-refractivity contribution in [3.05, 3.63) is 51.6 Å². The Hall–Kier alpha value is -0.840. The lowest BCUT2D eigenvalue weighted by molar-refractivity contribution is 0.589. The number of hydrogen-bond donors (Lipinski definition) is 1. The van der Waals surface area contributed by atoms with Crippen molar-refractivity contribution in [1.82, 2.24) is 10.3 Å². The van der Waals surface area contributed by atoms with Crippen LogP contribution in [0.1, 0.15) is 36.7 Å². The third-order valence-electron chi connectivity index (χ3n) is 3.24. The molecule has 2 aromatic rings. The van der Waals surface area contributed by atoms with Gasteiger partial charge in [0.2, 0.25) is 0 Å². The molecule has 0 aliphatic carbocycles. The largest absolute Gasteiger partial charge is 0.310 e. The van der Waals surface area contributed by atoms with E-state index >= 15 is 0 Å². The van der Waals surface area contributed by atoms with Crippen molar-refractivity contribution in [1.29, 1.82) is 0 Å². The molecule has 0 spiro atoms. The van der Waals surface area contributed by atoms with Gasteiger partial charge in [0.05, 0.1) is 0 Å². The summed E-state index contributed by atoms with van der Waals surface area (Å²) >= 11 is 5.31. The van der Waals surface area contributed by atoms with Crippen LogP contribution in [0, 0.1) is 13.8 Å². The molecule has 21 heavy (non-hydrogen) atoms. The monoisotopic (exact) mass is 364 g/mol. The van der Waals surface area contributed by atoms with Crippen LogP contribution in [0.5, 0.6) is 0 Å². The van der Waals surface area contributed by atoms with Gasteiger partial charge in [0.15, 0.2) is 0 Å². The molecule has 0 saturated carbocycles. The highest BCUT2D eigenvalue weighted by atomic mass is 79.9. The number of benzene rings is 1. The van der Waals surface area contributed by atoms with Gasteiger partial charge in [-0.25, -0.2) is 4.98 Å². The zero-order chi connectivity index (χ0) is 15.4. The normalized spacial score (nSPS) is 12.4. The van der Waals surface area contributed by atoms with Gasteiger partial charge in [-0.05, 0) is 68.8 Å². The quantitative estimate of drug-likeness (QED) is 0.780. The lowest BCUT2D eigenvalue weighted by Gasteiger charge is -2.17. The lowest BCUT2D eigenvalue weighted by Crippen LogP contribution is -2.18. The number of rotatable bonds is 5. The summed E-state index contributed by atoms with van der Waals surface area (Å²) in [6.07, 6.45) is 0. The molecule has 4 heteroatoms. The summed E-state index contributed by atoms with van der Waals surface area (Å²) in [7, 11) is 0. The van der Waals surface area contributed by atoms with E-state index in [1.165, 1.54) is 16.0 Å².